The van der Waals surface area contributed by atoms with Crippen molar-refractivity contribution in [2.75, 3.05) is 13.6 Å². The second kappa shape index (κ2) is 8.44. The molecule has 1 unspecified atom stereocenters. The van der Waals surface area contributed by atoms with Gasteiger partial charge in [-0.2, -0.15) is 0 Å². The minimum absolute atomic E-state index is 0.0472. The molecule has 30 heavy (non-hydrogen) atoms. The Labute approximate surface area is 174 Å². The van der Waals surface area contributed by atoms with Crippen LogP contribution in [0.5, 0.6) is 0 Å². The summed E-state index contributed by atoms with van der Waals surface area (Å²) in [6.07, 6.45) is 1.58. The van der Waals surface area contributed by atoms with Gasteiger partial charge < -0.3 is 4.90 Å². The number of carbonyl (C=O) groups excluding carboxylic acids is 3. The minimum Gasteiger partial charge on any atom is -0.335 e. The van der Waals surface area contributed by atoms with Gasteiger partial charge in [-0.05, 0) is 37.1 Å². The molecule has 2 aromatic carbocycles. The number of carbonyl (C=O) groups is 3. The summed E-state index contributed by atoms with van der Waals surface area (Å²) in [5, 5.41) is 11.0. The van der Waals surface area contributed by atoms with E-state index in [0.717, 1.165) is 12.8 Å². The molecule has 8 heteroatoms. The van der Waals surface area contributed by atoms with Crippen molar-refractivity contribution in [3.8, 4) is 0 Å². The molecule has 0 aliphatic carbocycles. The molecule has 1 aliphatic rings. The molecule has 0 saturated heterocycles. The molecule has 1 aliphatic heterocycles. The lowest BCUT2D eigenvalue weighted by atomic mass is 10.0. The fourth-order valence-corrected chi connectivity index (χ4v) is 3.44. The maximum atomic E-state index is 13.0. The summed E-state index contributed by atoms with van der Waals surface area (Å²) >= 11 is 0. The third kappa shape index (κ3) is 3.80. The Balaban J connectivity index is 1.84. The van der Waals surface area contributed by atoms with E-state index in [1.165, 1.54) is 40.1 Å². The number of benzene rings is 2. The van der Waals surface area contributed by atoms with Gasteiger partial charge in [0.2, 0.25) is 0 Å². The van der Waals surface area contributed by atoms with Gasteiger partial charge in [-0.15, -0.1) is 0 Å². The molecule has 0 aromatic heterocycles. The van der Waals surface area contributed by atoms with Crippen molar-refractivity contribution >= 4 is 23.4 Å². The van der Waals surface area contributed by atoms with Crippen LogP contribution in [0.3, 0.4) is 0 Å². The second-order valence-electron chi connectivity index (χ2n) is 7.32. The van der Waals surface area contributed by atoms with E-state index in [-0.39, 0.29) is 34.5 Å². The van der Waals surface area contributed by atoms with Gasteiger partial charge in [0.05, 0.1) is 22.1 Å². The molecular weight excluding hydrogens is 386 g/mol. The fraction of sp³-hybridized carbons (Fsp3) is 0.318. The van der Waals surface area contributed by atoms with E-state index >= 15 is 0 Å². The minimum atomic E-state index is -0.481. The van der Waals surface area contributed by atoms with Crippen molar-refractivity contribution in [2.45, 2.75) is 32.7 Å². The molecule has 0 saturated carbocycles. The lowest BCUT2D eigenvalue weighted by molar-refractivity contribution is -0.384. The Bertz CT molecular complexity index is 1030. The van der Waals surface area contributed by atoms with Crippen molar-refractivity contribution in [2.24, 2.45) is 0 Å². The molecule has 2 aromatic rings. The summed E-state index contributed by atoms with van der Waals surface area (Å²) in [6, 6.07) is 10.2. The molecular formula is C22H23N3O5. The number of hydrogen-bond acceptors (Lipinski definition) is 5. The Morgan fingerprint density at radius 1 is 1.13 bits per heavy atom. The molecule has 1 atom stereocenters. The number of unbranched alkanes of at least 4 members (excludes halogenated alkanes) is 1. The number of nitro groups is 1. The summed E-state index contributed by atoms with van der Waals surface area (Å²) in [5.74, 6) is -1.06. The van der Waals surface area contributed by atoms with E-state index in [0.29, 0.717) is 17.7 Å². The molecule has 0 N–H and O–H groups in total. The van der Waals surface area contributed by atoms with Gasteiger partial charge in [0, 0.05) is 31.3 Å². The number of rotatable bonds is 7. The van der Waals surface area contributed by atoms with E-state index in [9.17, 15) is 24.5 Å². The van der Waals surface area contributed by atoms with Crippen LogP contribution in [0.25, 0.3) is 0 Å². The average Bonchev–Trinajstić information content (AvgIpc) is 3.00. The molecule has 0 fully saturated rings. The van der Waals surface area contributed by atoms with E-state index < -0.39 is 11.0 Å². The van der Waals surface area contributed by atoms with Gasteiger partial charge in [-0.1, -0.05) is 25.5 Å². The Morgan fingerprint density at radius 2 is 1.83 bits per heavy atom. The monoisotopic (exact) mass is 409 g/mol. The third-order valence-corrected chi connectivity index (χ3v) is 5.42. The zero-order valence-electron chi connectivity index (χ0n) is 17.1. The predicted octanol–water partition coefficient (Wildman–Crippen LogP) is 3.82. The highest BCUT2D eigenvalue weighted by Crippen LogP contribution is 2.27. The number of hydrogen-bond donors (Lipinski definition) is 0. The fourth-order valence-electron chi connectivity index (χ4n) is 3.44. The van der Waals surface area contributed by atoms with E-state index in [2.05, 4.69) is 0 Å². The average molecular weight is 409 g/mol. The number of amides is 3. The van der Waals surface area contributed by atoms with Crippen molar-refractivity contribution in [3.05, 3.63) is 74.8 Å². The van der Waals surface area contributed by atoms with Crippen molar-refractivity contribution < 1.29 is 19.3 Å². The van der Waals surface area contributed by atoms with E-state index in [1.807, 2.05) is 6.92 Å². The van der Waals surface area contributed by atoms with Gasteiger partial charge in [0.25, 0.3) is 23.4 Å². The topological polar surface area (TPSA) is 101 Å². The molecule has 1 heterocycles. The molecule has 0 bridgehead atoms. The molecule has 8 nitrogen and oxygen atoms in total. The largest absolute Gasteiger partial charge is 0.335 e. The second-order valence-corrected chi connectivity index (χ2v) is 7.32. The SMILES string of the molecule is CCCCN1C(=O)c2ccc(C(=O)N(C)C(C)c3cccc([N+](=O)[O-])c3)cc2C1=O. The Hall–Kier alpha value is -3.55. The summed E-state index contributed by atoms with van der Waals surface area (Å²) in [7, 11) is 1.60. The van der Waals surface area contributed by atoms with Gasteiger partial charge in [0.15, 0.2) is 0 Å². The molecule has 156 valence electrons. The van der Waals surface area contributed by atoms with Gasteiger partial charge in [0.1, 0.15) is 0 Å². The first-order valence-electron chi connectivity index (χ1n) is 9.78. The van der Waals surface area contributed by atoms with Crippen LogP contribution in [0.4, 0.5) is 5.69 Å². The standard InChI is InChI=1S/C22H23N3O5/c1-4-5-11-24-21(27)18-10-9-16(13-19(18)22(24)28)20(26)23(3)14(2)15-7-6-8-17(12-15)25(29)30/h6-10,12-14H,4-5,11H2,1-3H3. The number of fused-ring (bicyclic) bond motifs is 1. The van der Waals surface area contributed by atoms with Crippen molar-refractivity contribution in [1.82, 2.24) is 9.80 Å². The van der Waals surface area contributed by atoms with Crippen LogP contribution >= 0.6 is 0 Å². The summed E-state index contributed by atoms with van der Waals surface area (Å²) < 4.78 is 0. The zero-order valence-corrected chi connectivity index (χ0v) is 17.1. The van der Waals surface area contributed by atoms with Crippen LogP contribution in [0.1, 0.15) is 69.4 Å². The summed E-state index contributed by atoms with van der Waals surface area (Å²) in [5.41, 5.74) is 1.40. The predicted molar refractivity (Wildman–Crippen MR) is 110 cm³/mol. The van der Waals surface area contributed by atoms with Crippen LogP contribution in [-0.2, 0) is 0 Å². The highest BCUT2D eigenvalue weighted by Gasteiger charge is 2.35. The molecule has 3 amide bonds. The summed E-state index contributed by atoms with van der Waals surface area (Å²) in [6.45, 7) is 4.11. The summed E-state index contributed by atoms with van der Waals surface area (Å²) in [4.78, 5) is 51.3. The highest BCUT2D eigenvalue weighted by molar-refractivity contribution is 6.22. The number of non-ortho nitro benzene ring substituents is 1. The molecule has 3 rings (SSSR count). The first kappa shape index (κ1) is 21.2. The van der Waals surface area contributed by atoms with Gasteiger partial charge in [-0.25, -0.2) is 0 Å². The first-order chi connectivity index (χ1) is 14.3. The number of nitro benzene ring substituents is 1. The maximum Gasteiger partial charge on any atom is 0.269 e. The van der Waals surface area contributed by atoms with Crippen LogP contribution in [-0.4, -0.2) is 46.0 Å². The quantitative estimate of drug-likeness (QED) is 0.393. The lowest BCUT2D eigenvalue weighted by Crippen LogP contribution is -2.30. The highest BCUT2D eigenvalue weighted by atomic mass is 16.6. The Morgan fingerprint density at radius 3 is 2.50 bits per heavy atom. The zero-order chi connectivity index (χ0) is 22.0. The first-order valence-corrected chi connectivity index (χ1v) is 9.78. The van der Waals surface area contributed by atoms with Crippen LogP contribution in [0, 0.1) is 10.1 Å². The normalized spacial score (nSPS) is 13.9. The third-order valence-electron chi connectivity index (χ3n) is 5.42. The molecule has 0 radical (unpaired) electrons. The number of nitrogens with zero attached hydrogens (tertiary/aromatic N) is 3. The van der Waals surface area contributed by atoms with Crippen LogP contribution in [0.15, 0.2) is 42.5 Å². The maximum absolute atomic E-state index is 13.0. The Kier molecular flexibility index (Phi) is 5.96. The van der Waals surface area contributed by atoms with Gasteiger partial charge in [-0.3, -0.25) is 29.4 Å². The lowest BCUT2D eigenvalue weighted by Gasteiger charge is -2.25. The number of imide groups is 1. The van der Waals surface area contributed by atoms with Crippen LogP contribution < -0.4 is 0 Å². The van der Waals surface area contributed by atoms with E-state index in [4.69, 9.17) is 0 Å². The molecule has 0 spiro atoms. The van der Waals surface area contributed by atoms with E-state index in [1.54, 1.807) is 26.1 Å². The van der Waals surface area contributed by atoms with Crippen molar-refractivity contribution in [3.63, 3.8) is 0 Å². The smallest absolute Gasteiger partial charge is 0.269 e. The van der Waals surface area contributed by atoms with Crippen molar-refractivity contribution in [1.29, 1.82) is 0 Å². The van der Waals surface area contributed by atoms with Crippen LogP contribution in [0.2, 0.25) is 0 Å². The van der Waals surface area contributed by atoms with Gasteiger partial charge >= 0.3 is 0 Å².